The summed E-state index contributed by atoms with van der Waals surface area (Å²) in [6, 6.07) is 18.8. The number of nitrogens with zero attached hydrogens (tertiary/aromatic N) is 1. The van der Waals surface area contributed by atoms with Crippen molar-refractivity contribution in [3.05, 3.63) is 99.7 Å². The van der Waals surface area contributed by atoms with Gasteiger partial charge in [-0.05, 0) is 59.7 Å². The van der Waals surface area contributed by atoms with Crippen LogP contribution in [0.2, 0.25) is 0 Å². The van der Waals surface area contributed by atoms with Crippen molar-refractivity contribution in [2.45, 2.75) is 6.42 Å². The van der Waals surface area contributed by atoms with Crippen LogP contribution in [-0.2, 0) is 17.4 Å². The normalized spacial score (nSPS) is 16.3. The largest absolute Gasteiger partial charge is 0.497 e. The van der Waals surface area contributed by atoms with E-state index in [2.05, 4.69) is 11.8 Å². The second-order valence-corrected chi connectivity index (χ2v) is 8.68. The highest BCUT2D eigenvalue weighted by atomic mass is 32.2. The summed E-state index contributed by atoms with van der Waals surface area (Å²) in [5.74, 6) is 6.24. The molecule has 1 aliphatic heterocycles. The lowest BCUT2D eigenvalue weighted by molar-refractivity contribution is 0.104. The quantitative estimate of drug-likeness (QED) is 0.431. The van der Waals surface area contributed by atoms with Gasteiger partial charge in [0.25, 0.3) is 0 Å². The molecule has 0 spiro atoms. The maximum absolute atomic E-state index is 13.5. The number of ether oxygens (including phenoxy) is 1. The molecule has 0 bridgehead atoms. The van der Waals surface area contributed by atoms with E-state index in [1.54, 1.807) is 38.4 Å². The van der Waals surface area contributed by atoms with Crippen LogP contribution in [0.25, 0.3) is 6.08 Å². The molecule has 0 N–H and O–H groups in total. The third-order valence-corrected chi connectivity index (χ3v) is 6.45. The Morgan fingerprint density at radius 1 is 1.09 bits per heavy atom. The van der Waals surface area contributed by atoms with Crippen molar-refractivity contribution < 1.29 is 18.1 Å². The summed E-state index contributed by atoms with van der Waals surface area (Å²) < 4.78 is 33.1. The Bertz CT molecular complexity index is 1300. The van der Waals surface area contributed by atoms with Crippen LogP contribution < -0.4 is 9.04 Å². The summed E-state index contributed by atoms with van der Waals surface area (Å²) in [7, 11) is 1.60. The second-order valence-electron chi connectivity index (χ2n) is 7.20. The molecular formula is C26H20FNO3S. The van der Waals surface area contributed by atoms with Crippen molar-refractivity contribution in [2.75, 3.05) is 18.5 Å². The Morgan fingerprint density at radius 2 is 1.88 bits per heavy atom. The third kappa shape index (κ3) is 4.48. The molecule has 0 saturated carbocycles. The molecule has 3 aromatic carbocycles. The van der Waals surface area contributed by atoms with Gasteiger partial charge in [0.15, 0.2) is 11.0 Å². The number of benzene rings is 3. The number of carbonyl (C=O) groups excluding carboxylic acids is 1. The van der Waals surface area contributed by atoms with E-state index in [0.717, 1.165) is 11.3 Å². The maximum Gasteiger partial charge on any atom is 0.205 e. The van der Waals surface area contributed by atoms with E-state index in [-0.39, 0.29) is 10.7 Å². The first-order chi connectivity index (χ1) is 15.5. The first-order valence-corrected chi connectivity index (χ1v) is 11.0. The molecule has 1 unspecified atom stereocenters. The highest BCUT2D eigenvalue weighted by Crippen LogP contribution is 2.33. The fourth-order valence-electron chi connectivity index (χ4n) is 3.37. The van der Waals surface area contributed by atoms with Crippen LogP contribution in [0, 0.1) is 17.7 Å². The number of hydrogen-bond donors (Lipinski definition) is 0. The smallest absolute Gasteiger partial charge is 0.205 e. The van der Waals surface area contributed by atoms with E-state index in [1.807, 2.05) is 30.3 Å². The minimum absolute atomic E-state index is 0.106. The van der Waals surface area contributed by atoms with Crippen molar-refractivity contribution in [3.8, 4) is 17.6 Å². The minimum Gasteiger partial charge on any atom is -0.497 e. The van der Waals surface area contributed by atoms with Gasteiger partial charge >= 0.3 is 0 Å². The van der Waals surface area contributed by atoms with Crippen molar-refractivity contribution in [1.29, 1.82) is 0 Å². The molecule has 4 nitrogen and oxygen atoms in total. The first-order valence-electron chi connectivity index (χ1n) is 9.89. The maximum atomic E-state index is 13.5. The lowest BCUT2D eigenvalue weighted by atomic mass is 10.0. The molecule has 3 aromatic rings. The average Bonchev–Trinajstić information content (AvgIpc) is 2.81. The molecule has 4 rings (SSSR count). The number of anilines is 1. The Labute approximate surface area is 188 Å². The molecule has 0 amide bonds. The highest BCUT2D eigenvalue weighted by Gasteiger charge is 2.32. The molecule has 32 heavy (non-hydrogen) atoms. The van der Waals surface area contributed by atoms with Gasteiger partial charge in [-0.2, -0.15) is 0 Å². The number of fused-ring (bicyclic) bond motifs is 1. The van der Waals surface area contributed by atoms with Gasteiger partial charge in [-0.15, -0.1) is 0 Å². The zero-order valence-electron chi connectivity index (χ0n) is 17.6. The molecule has 0 aliphatic carbocycles. The van der Waals surface area contributed by atoms with E-state index in [0.29, 0.717) is 28.8 Å². The number of allylic oxidation sites excluding steroid dienone is 1. The number of hydrogen-bond acceptors (Lipinski definition) is 3. The zero-order valence-corrected chi connectivity index (χ0v) is 18.4. The summed E-state index contributed by atoms with van der Waals surface area (Å²) in [5.41, 5.74) is 3.23. The Morgan fingerprint density at radius 3 is 2.59 bits per heavy atom. The number of rotatable bonds is 3. The second kappa shape index (κ2) is 9.21. The summed E-state index contributed by atoms with van der Waals surface area (Å²) in [6.45, 7) is 0. The van der Waals surface area contributed by atoms with Gasteiger partial charge < -0.3 is 4.74 Å². The van der Waals surface area contributed by atoms with Crippen LogP contribution in [0.3, 0.4) is 0 Å². The van der Waals surface area contributed by atoms with Crippen molar-refractivity contribution in [2.24, 2.45) is 0 Å². The lowest BCUT2D eigenvalue weighted by Crippen LogP contribution is -2.31. The topological polar surface area (TPSA) is 46.6 Å². The fraction of sp³-hybridized carbons (Fsp3) is 0.115. The van der Waals surface area contributed by atoms with Crippen LogP contribution in [0.1, 0.15) is 27.0 Å². The molecule has 0 aromatic heterocycles. The fourth-order valence-corrected chi connectivity index (χ4v) is 4.51. The van der Waals surface area contributed by atoms with Gasteiger partial charge in [0.2, 0.25) is 5.78 Å². The summed E-state index contributed by atoms with van der Waals surface area (Å²) in [4.78, 5) is 13.2. The van der Waals surface area contributed by atoms with E-state index in [9.17, 15) is 13.4 Å². The predicted octanol–water partition coefficient (Wildman–Crippen LogP) is 4.77. The Balaban J connectivity index is 1.62. The Kier molecular flexibility index (Phi) is 6.20. The van der Waals surface area contributed by atoms with Crippen LogP contribution in [-0.4, -0.2) is 24.1 Å². The molecule has 0 radical (unpaired) electrons. The molecular weight excluding hydrogens is 425 g/mol. The first kappa shape index (κ1) is 21.5. The van der Waals surface area contributed by atoms with Crippen LogP contribution in [0.4, 0.5) is 10.1 Å². The molecule has 1 aliphatic rings. The average molecular weight is 446 g/mol. The molecule has 160 valence electrons. The van der Waals surface area contributed by atoms with Gasteiger partial charge in [0, 0.05) is 24.6 Å². The van der Waals surface area contributed by atoms with E-state index in [4.69, 9.17) is 4.74 Å². The van der Waals surface area contributed by atoms with E-state index < -0.39 is 16.8 Å². The summed E-state index contributed by atoms with van der Waals surface area (Å²) in [6.07, 6.45) is 2.03. The number of ketones is 1. The van der Waals surface area contributed by atoms with Gasteiger partial charge in [0.1, 0.15) is 16.5 Å². The molecule has 0 fully saturated rings. The van der Waals surface area contributed by atoms with Crippen molar-refractivity contribution >= 4 is 28.5 Å². The number of carbonyl (C=O) groups is 1. The van der Waals surface area contributed by atoms with Gasteiger partial charge in [-0.25, -0.2) is 8.60 Å². The molecule has 6 heteroatoms. The van der Waals surface area contributed by atoms with Crippen molar-refractivity contribution in [3.63, 3.8) is 0 Å². The van der Waals surface area contributed by atoms with Crippen LogP contribution in [0.5, 0.6) is 5.75 Å². The summed E-state index contributed by atoms with van der Waals surface area (Å²) >= 11 is 0. The summed E-state index contributed by atoms with van der Waals surface area (Å²) in [5, 5.41) is 0. The molecule has 1 atom stereocenters. The third-order valence-electron chi connectivity index (χ3n) is 5.07. The SMILES string of the molecule is COc1ccc(CC#Cc2ccc3c(c2)C(=O)/C(=C\c2cccc(F)c2)S(=O)N3C)cc1. The standard InChI is InChI=1S/C26H20FNO3S/c1-28-24-14-11-19(6-3-5-18-9-12-22(31-2)13-10-18)16-23(24)26(29)25(32(28)30)17-20-7-4-8-21(27)15-20/h4,7-17H,5H2,1-2H3/b25-17+. The highest BCUT2D eigenvalue weighted by molar-refractivity contribution is 7.91. The van der Waals surface area contributed by atoms with Gasteiger partial charge in [-0.1, -0.05) is 36.1 Å². The Hall–Kier alpha value is -3.69. The van der Waals surface area contributed by atoms with Crippen molar-refractivity contribution in [1.82, 2.24) is 0 Å². The number of methoxy groups -OCH3 is 1. The predicted molar refractivity (Wildman–Crippen MR) is 125 cm³/mol. The van der Waals surface area contributed by atoms with Crippen LogP contribution >= 0.6 is 0 Å². The van der Waals surface area contributed by atoms with Crippen LogP contribution in [0.15, 0.2) is 71.6 Å². The van der Waals surface area contributed by atoms with E-state index in [1.165, 1.54) is 22.5 Å². The molecule has 1 heterocycles. The van der Waals surface area contributed by atoms with E-state index >= 15 is 0 Å². The number of Topliss-reactive ketones (excluding diaryl/α,β-unsaturated/α-hetero) is 1. The monoisotopic (exact) mass is 445 g/mol. The lowest BCUT2D eigenvalue weighted by Gasteiger charge is -2.27. The minimum atomic E-state index is -1.68. The van der Waals surface area contributed by atoms with Gasteiger partial charge in [-0.3, -0.25) is 9.10 Å². The number of halogens is 1. The van der Waals surface area contributed by atoms with Gasteiger partial charge in [0.05, 0.1) is 12.8 Å². The zero-order chi connectivity index (χ0) is 22.7. The molecule has 0 saturated heterocycles.